The Bertz CT molecular complexity index is 1100. The van der Waals surface area contributed by atoms with Crippen LogP contribution in [0.2, 0.25) is 0 Å². The zero-order valence-electron chi connectivity index (χ0n) is 17.8. The summed E-state index contributed by atoms with van der Waals surface area (Å²) < 4.78 is 29.8. The molecule has 166 valence electrons. The highest BCUT2D eigenvalue weighted by molar-refractivity contribution is 14.1. The van der Waals surface area contributed by atoms with E-state index in [1.54, 1.807) is 7.05 Å². The number of hydrogen-bond acceptors (Lipinski definition) is 4. The molecule has 0 spiro atoms. The Kier molecular flexibility index (Phi) is 8.20. The van der Waals surface area contributed by atoms with Crippen molar-refractivity contribution in [2.75, 3.05) is 13.6 Å². The summed E-state index contributed by atoms with van der Waals surface area (Å²) >= 11 is 0.0537. The van der Waals surface area contributed by atoms with Crippen molar-refractivity contribution in [2.45, 2.75) is 39.7 Å². The van der Waals surface area contributed by atoms with Crippen molar-refractivity contribution >= 4 is 50.9 Å². The molecular formula is C22H26IN3O4S. The van der Waals surface area contributed by atoms with Crippen LogP contribution in [0, 0.1) is 10.5 Å². The van der Waals surface area contributed by atoms with Gasteiger partial charge in [0, 0.05) is 22.7 Å². The molecule has 0 aliphatic rings. The molecule has 0 aliphatic heterocycles. The Morgan fingerprint density at radius 1 is 1.29 bits per heavy atom. The van der Waals surface area contributed by atoms with E-state index in [9.17, 15) is 13.6 Å². The summed E-state index contributed by atoms with van der Waals surface area (Å²) in [7, 11) is 1.58. The number of hydrogen-bond donors (Lipinski definition) is 2. The number of nitrogens with zero attached hydrogens (tertiary/aromatic N) is 2. The predicted octanol–water partition coefficient (Wildman–Crippen LogP) is 4.90. The first-order chi connectivity index (χ1) is 14.8. The highest BCUT2D eigenvalue weighted by atomic mass is 127. The van der Waals surface area contributed by atoms with Crippen molar-refractivity contribution < 1.29 is 18.0 Å². The normalized spacial score (nSPS) is 12.5. The maximum atomic E-state index is 12.7. The van der Waals surface area contributed by atoms with E-state index in [0.717, 1.165) is 34.0 Å². The van der Waals surface area contributed by atoms with E-state index in [4.69, 9.17) is 4.42 Å². The SMILES string of the molecule is CCCCCN(Cc1nc2oc(-c3ccc(C)cc3)c(C(=O)NC)c2cc1I)S(=O)O. The topological polar surface area (TPSA) is 95.7 Å². The number of aryl methyl sites for hydroxylation is 1. The summed E-state index contributed by atoms with van der Waals surface area (Å²) in [6, 6.07) is 9.60. The molecule has 0 saturated carbocycles. The first-order valence-corrected chi connectivity index (χ1v) is 12.3. The van der Waals surface area contributed by atoms with E-state index in [0.29, 0.717) is 34.7 Å². The van der Waals surface area contributed by atoms with E-state index in [2.05, 4.69) is 39.8 Å². The Hall–Kier alpha value is -1.82. The zero-order valence-corrected chi connectivity index (χ0v) is 20.7. The number of benzene rings is 1. The number of aromatic nitrogens is 1. The number of fused-ring (bicyclic) bond motifs is 1. The Balaban J connectivity index is 2.05. The van der Waals surface area contributed by atoms with Crippen LogP contribution >= 0.6 is 22.6 Å². The van der Waals surface area contributed by atoms with Gasteiger partial charge in [0.25, 0.3) is 5.91 Å². The molecule has 1 amide bonds. The lowest BCUT2D eigenvalue weighted by atomic mass is 10.0. The van der Waals surface area contributed by atoms with Crippen LogP contribution in [0.5, 0.6) is 0 Å². The van der Waals surface area contributed by atoms with Crippen LogP contribution in [0.1, 0.15) is 47.8 Å². The fourth-order valence-electron chi connectivity index (χ4n) is 3.32. The maximum Gasteiger partial charge on any atom is 0.255 e. The average molecular weight is 555 g/mol. The molecule has 2 aromatic heterocycles. The zero-order chi connectivity index (χ0) is 22.5. The predicted molar refractivity (Wildman–Crippen MR) is 131 cm³/mol. The maximum absolute atomic E-state index is 12.7. The quantitative estimate of drug-likeness (QED) is 0.223. The van der Waals surface area contributed by atoms with Crippen molar-refractivity contribution in [1.29, 1.82) is 0 Å². The highest BCUT2D eigenvalue weighted by Crippen LogP contribution is 2.34. The Morgan fingerprint density at radius 3 is 2.61 bits per heavy atom. The van der Waals surface area contributed by atoms with Gasteiger partial charge < -0.3 is 9.73 Å². The second-order valence-corrected chi connectivity index (χ2v) is 9.46. The van der Waals surface area contributed by atoms with Gasteiger partial charge in [-0.05, 0) is 42.0 Å². The second kappa shape index (κ2) is 10.7. The summed E-state index contributed by atoms with van der Waals surface area (Å²) in [5, 5.41) is 3.30. The minimum absolute atomic E-state index is 0.219. The summed E-state index contributed by atoms with van der Waals surface area (Å²) in [6.45, 7) is 4.81. The van der Waals surface area contributed by atoms with E-state index >= 15 is 0 Å². The molecule has 0 bridgehead atoms. The summed E-state index contributed by atoms with van der Waals surface area (Å²) in [4.78, 5) is 17.3. The number of halogens is 1. The molecule has 9 heteroatoms. The molecule has 3 aromatic rings. The van der Waals surface area contributed by atoms with Crippen molar-refractivity contribution in [1.82, 2.24) is 14.6 Å². The first-order valence-electron chi connectivity index (χ1n) is 10.1. The molecule has 1 unspecified atom stereocenters. The molecule has 0 radical (unpaired) electrons. The van der Waals surface area contributed by atoms with Crippen LogP contribution in [-0.2, 0) is 17.8 Å². The van der Waals surface area contributed by atoms with Gasteiger partial charge in [0.2, 0.25) is 17.0 Å². The van der Waals surface area contributed by atoms with Crippen LogP contribution < -0.4 is 5.32 Å². The number of nitrogens with one attached hydrogen (secondary N) is 1. The van der Waals surface area contributed by atoms with Crippen LogP contribution in [-0.4, -0.2) is 37.6 Å². The lowest BCUT2D eigenvalue weighted by Crippen LogP contribution is -2.27. The molecule has 0 fully saturated rings. The standard InChI is InChI=1S/C22H26IN3O4S/c1-4-5-6-11-26(31(28)29)13-18-17(23)12-16-19(21(27)24-3)20(30-22(16)25-18)15-9-7-14(2)8-10-15/h7-10,12H,4-6,11,13H2,1-3H3,(H,24,27)(H,28,29). The second-order valence-electron chi connectivity index (χ2n) is 7.32. The third-order valence-corrected chi connectivity index (χ3v) is 6.72. The van der Waals surface area contributed by atoms with Crippen LogP contribution in [0.3, 0.4) is 0 Å². The molecule has 3 rings (SSSR count). The third-order valence-electron chi connectivity index (χ3n) is 5.03. The van der Waals surface area contributed by atoms with Crippen LogP contribution in [0.4, 0.5) is 0 Å². The first kappa shape index (κ1) is 23.8. The fourth-order valence-corrected chi connectivity index (χ4v) is 4.44. The molecule has 0 saturated heterocycles. The van der Waals surface area contributed by atoms with E-state index in [1.807, 2.05) is 37.3 Å². The Morgan fingerprint density at radius 2 is 2.00 bits per heavy atom. The average Bonchev–Trinajstić information content (AvgIpc) is 3.11. The molecule has 1 atom stereocenters. The molecule has 31 heavy (non-hydrogen) atoms. The molecule has 7 nitrogen and oxygen atoms in total. The van der Waals surface area contributed by atoms with E-state index in [1.165, 1.54) is 4.31 Å². The molecule has 0 aliphatic carbocycles. The number of amides is 1. The van der Waals surface area contributed by atoms with Gasteiger partial charge in [0.1, 0.15) is 5.76 Å². The lowest BCUT2D eigenvalue weighted by Gasteiger charge is -2.17. The number of unbranched alkanes of at least 4 members (excludes halogenated alkanes) is 2. The molecule has 2 heterocycles. The minimum atomic E-state index is -2.09. The largest absolute Gasteiger partial charge is 0.437 e. The number of furan rings is 1. The van der Waals surface area contributed by atoms with Crippen molar-refractivity contribution in [2.24, 2.45) is 0 Å². The van der Waals surface area contributed by atoms with Crippen molar-refractivity contribution in [3.05, 3.63) is 50.7 Å². The highest BCUT2D eigenvalue weighted by Gasteiger charge is 2.24. The van der Waals surface area contributed by atoms with Crippen LogP contribution in [0.25, 0.3) is 22.4 Å². The van der Waals surface area contributed by atoms with Crippen LogP contribution in [0.15, 0.2) is 34.7 Å². The number of rotatable bonds is 9. The number of carbonyl (C=O) groups excluding carboxylic acids is 1. The summed E-state index contributed by atoms with van der Waals surface area (Å²) in [6.07, 6.45) is 2.86. The number of pyridine rings is 1. The van der Waals surface area contributed by atoms with Gasteiger partial charge in [0.05, 0.1) is 23.2 Å². The van der Waals surface area contributed by atoms with Gasteiger partial charge >= 0.3 is 0 Å². The Labute approximate surface area is 198 Å². The van der Waals surface area contributed by atoms with Gasteiger partial charge in [0.15, 0.2) is 0 Å². The summed E-state index contributed by atoms with van der Waals surface area (Å²) in [5.74, 6) is 0.206. The third kappa shape index (κ3) is 5.51. The van der Waals surface area contributed by atoms with Gasteiger partial charge in [-0.3, -0.25) is 9.35 Å². The lowest BCUT2D eigenvalue weighted by molar-refractivity contribution is 0.0964. The fraction of sp³-hybridized carbons (Fsp3) is 0.364. The summed E-state index contributed by atoms with van der Waals surface area (Å²) in [5.41, 5.74) is 3.30. The van der Waals surface area contributed by atoms with Gasteiger partial charge in [-0.1, -0.05) is 49.6 Å². The van der Waals surface area contributed by atoms with Gasteiger partial charge in [-0.25, -0.2) is 9.19 Å². The molecular weight excluding hydrogens is 529 g/mol. The minimum Gasteiger partial charge on any atom is -0.437 e. The monoisotopic (exact) mass is 555 g/mol. The van der Waals surface area contributed by atoms with Crippen molar-refractivity contribution in [3.8, 4) is 11.3 Å². The number of carbonyl (C=O) groups is 1. The van der Waals surface area contributed by atoms with Crippen molar-refractivity contribution in [3.63, 3.8) is 0 Å². The molecule has 2 N–H and O–H groups in total. The smallest absolute Gasteiger partial charge is 0.255 e. The van der Waals surface area contributed by atoms with E-state index < -0.39 is 11.3 Å². The van der Waals surface area contributed by atoms with Gasteiger partial charge in [-0.15, -0.1) is 0 Å². The van der Waals surface area contributed by atoms with E-state index in [-0.39, 0.29) is 12.5 Å². The van der Waals surface area contributed by atoms with Gasteiger partial charge in [-0.2, -0.15) is 4.31 Å². The molecule has 1 aromatic carbocycles.